The first-order chi connectivity index (χ1) is 6.97. The number of rotatable bonds is 0. The molecule has 0 radical (unpaired) electrons. The molecule has 1 aliphatic heterocycles. The molecule has 1 N–H and O–H groups in total. The summed E-state index contributed by atoms with van der Waals surface area (Å²) >= 11 is 0. The minimum Gasteiger partial charge on any atom is -0.508 e. The fourth-order valence-corrected chi connectivity index (χ4v) is 1.59. The van der Waals surface area contributed by atoms with Crippen LogP contribution in [0.3, 0.4) is 0 Å². The van der Waals surface area contributed by atoms with Crippen LogP contribution in [-0.4, -0.2) is 17.4 Å². The van der Waals surface area contributed by atoms with Crippen LogP contribution < -0.4 is 4.74 Å². The number of aromatic hydroxyl groups is 1. The molecule has 0 aromatic heterocycles. The zero-order valence-electron chi connectivity index (χ0n) is 7.71. The molecule has 0 bridgehead atoms. The van der Waals surface area contributed by atoms with Gasteiger partial charge >= 0.3 is 6.18 Å². The Morgan fingerprint density at radius 3 is 2.73 bits per heavy atom. The minimum absolute atomic E-state index is 0.0682. The van der Waals surface area contributed by atoms with Crippen LogP contribution >= 0.6 is 0 Å². The van der Waals surface area contributed by atoms with Gasteiger partial charge in [0.25, 0.3) is 0 Å². The van der Waals surface area contributed by atoms with Gasteiger partial charge in [0, 0.05) is 6.07 Å². The number of ether oxygens (including phenoxy) is 1. The van der Waals surface area contributed by atoms with E-state index in [-0.39, 0.29) is 17.9 Å². The van der Waals surface area contributed by atoms with Gasteiger partial charge in [-0.1, -0.05) is 6.07 Å². The van der Waals surface area contributed by atoms with Gasteiger partial charge in [-0.3, -0.25) is 0 Å². The Morgan fingerprint density at radius 2 is 2.07 bits per heavy atom. The molecular formula is C10H9F3O2. The van der Waals surface area contributed by atoms with Crippen molar-refractivity contribution in [2.45, 2.75) is 25.1 Å². The lowest BCUT2D eigenvalue weighted by Gasteiger charge is -2.27. The molecule has 0 aliphatic carbocycles. The average molecular weight is 218 g/mol. The van der Waals surface area contributed by atoms with Gasteiger partial charge in [0.2, 0.25) is 0 Å². The first-order valence-corrected chi connectivity index (χ1v) is 4.52. The van der Waals surface area contributed by atoms with E-state index in [1.54, 1.807) is 6.07 Å². The molecule has 1 aliphatic rings. The molecule has 1 aromatic carbocycles. The van der Waals surface area contributed by atoms with E-state index >= 15 is 0 Å². The fraction of sp³-hybridized carbons (Fsp3) is 0.400. The summed E-state index contributed by atoms with van der Waals surface area (Å²) in [7, 11) is 0. The smallest absolute Gasteiger partial charge is 0.425 e. The van der Waals surface area contributed by atoms with Crippen molar-refractivity contribution in [3.05, 3.63) is 23.8 Å². The van der Waals surface area contributed by atoms with Crippen molar-refractivity contribution in [1.82, 2.24) is 0 Å². The van der Waals surface area contributed by atoms with Crippen LogP contribution in [0.2, 0.25) is 0 Å². The van der Waals surface area contributed by atoms with E-state index in [0.29, 0.717) is 12.0 Å². The number of alkyl halides is 3. The molecule has 0 spiro atoms. The van der Waals surface area contributed by atoms with Gasteiger partial charge in [0.1, 0.15) is 11.5 Å². The molecule has 2 rings (SSSR count). The molecule has 0 amide bonds. The van der Waals surface area contributed by atoms with Gasteiger partial charge in [-0.2, -0.15) is 13.2 Å². The second kappa shape index (κ2) is 3.32. The monoisotopic (exact) mass is 218 g/mol. The summed E-state index contributed by atoms with van der Waals surface area (Å²) in [4.78, 5) is 0. The fourth-order valence-electron chi connectivity index (χ4n) is 1.59. The summed E-state index contributed by atoms with van der Waals surface area (Å²) in [5.74, 6) is 0.0418. The molecular weight excluding hydrogens is 209 g/mol. The highest BCUT2D eigenvalue weighted by molar-refractivity contribution is 5.41. The number of phenolic OH excluding ortho intramolecular Hbond substituents is 1. The highest BCUT2D eigenvalue weighted by atomic mass is 19.4. The lowest BCUT2D eigenvalue weighted by Crippen LogP contribution is -2.37. The van der Waals surface area contributed by atoms with Crippen LogP contribution in [0.5, 0.6) is 11.5 Å². The van der Waals surface area contributed by atoms with Gasteiger partial charge in [-0.25, -0.2) is 0 Å². The SMILES string of the molecule is Oc1ccc2c(c1)OC(C(F)(F)F)CC2. The highest BCUT2D eigenvalue weighted by Crippen LogP contribution is 2.36. The molecule has 5 heteroatoms. The van der Waals surface area contributed by atoms with E-state index < -0.39 is 12.3 Å². The lowest BCUT2D eigenvalue weighted by molar-refractivity contribution is -0.199. The molecule has 1 atom stereocenters. The van der Waals surface area contributed by atoms with E-state index in [2.05, 4.69) is 0 Å². The van der Waals surface area contributed by atoms with Crippen LogP contribution in [0.25, 0.3) is 0 Å². The van der Waals surface area contributed by atoms with Crippen LogP contribution in [0.4, 0.5) is 13.2 Å². The number of benzene rings is 1. The topological polar surface area (TPSA) is 29.5 Å². The van der Waals surface area contributed by atoms with Gasteiger partial charge < -0.3 is 9.84 Å². The second-order valence-corrected chi connectivity index (χ2v) is 3.48. The van der Waals surface area contributed by atoms with E-state index in [1.807, 2.05) is 0 Å². The number of halogens is 3. The Morgan fingerprint density at radius 1 is 1.33 bits per heavy atom. The Balaban J connectivity index is 2.26. The van der Waals surface area contributed by atoms with Crippen LogP contribution in [0.1, 0.15) is 12.0 Å². The van der Waals surface area contributed by atoms with Crippen molar-refractivity contribution < 1.29 is 23.0 Å². The zero-order chi connectivity index (χ0) is 11.1. The third-order valence-electron chi connectivity index (χ3n) is 2.36. The Kier molecular flexibility index (Phi) is 2.25. The first kappa shape index (κ1) is 10.1. The number of fused-ring (bicyclic) bond motifs is 1. The quantitative estimate of drug-likeness (QED) is 0.725. The van der Waals surface area contributed by atoms with Gasteiger partial charge in [-0.05, 0) is 24.5 Å². The molecule has 1 aromatic rings. The van der Waals surface area contributed by atoms with Crippen molar-refractivity contribution in [3.63, 3.8) is 0 Å². The predicted molar refractivity (Wildman–Crippen MR) is 46.9 cm³/mol. The van der Waals surface area contributed by atoms with Crippen molar-refractivity contribution in [3.8, 4) is 11.5 Å². The largest absolute Gasteiger partial charge is 0.508 e. The van der Waals surface area contributed by atoms with Crippen molar-refractivity contribution in [1.29, 1.82) is 0 Å². The number of phenols is 1. The molecule has 0 saturated heterocycles. The van der Waals surface area contributed by atoms with E-state index in [0.717, 1.165) is 0 Å². The standard InChI is InChI=1S/C10H9F3O2/c11-10(12,13)9-4-2-6-1-3-7(14)5-8(6)15-9/h1,3,5,9,14H,2,4H2. The molecule has 0 fully saturated rings. The maximum atomic E-state index is 12.3. The molecule has 1 heterocycles. The predicted octanol–water partition coefficient (Wildman–Crippen LogP) is 2.65. The van der Waals surface area contributed by atoms with Crippen LogP contribution in [-0.2, 0) is 6.42 Å². The summed E-state index contributed by atoms with van der Waals surface area (Å²) in [5.41, 5.74) is 0.702. The molecule has 1 unspecified atom stereocenters. The van der Waals surface area contributed by atoms with E-state index in [1.165, 1.54) is 12.1 Å². The molecule has 0 saturated carbocycles. The lowest BCUT2D eigenvalue weighted by atomic mass is 10.0. The third-order valence-corrected chi connectivity index (χ3v) is 2.36. The molecule has 2 nitrogen and oxygen atoms in total. The van der Waals surface area contributed by atoms with Gasteiger partial charge in [-0.15, -0.1) is 0 Å². The van der Waals surface area contributed by atoms with Crippen molar-refractivity contribution in [2.24, 2.45) is 0 Å². The number of hydrogen-bond donors (Lipinski definition) is 1. The Bertz CT molecular complexity index is 373. The maximum Gasteiger partial charge on any atom is 0.425 e. The summed E-state index contributed by atoms with van der Waals surface area (Å²) in [6.45, 7) is 0. The minimum atomic E-state index is -4.34. The van der Waals surface area contributed by atoms with Gasteiger partial charge in [0.15, 0.2) is 6.10 Å². The second-order valence-electron chi connectivity index (χ2n) is 3.48. The van der Waals surface area contributed by atoms with E-state index in [9.17, 15) is 13.2 Å². The van der Waals surface area contributed by atoms with Crippen molar-refractivity contribution >= 4 is 0 Å². The normalized spacial score (nSPS) is 20.6. The number of aryl methyl sites for hydroxylation is 1. The summed E-state index contributed by atoms with van der Waals surface area (Å²) < 4.78 is 41.8. The van der Waals surface area contributed by atoms with Crippen LogP contribution in [0, 0.1) is 0 Å². The maximum absolute atomic E-state index is 12.3. The summed E-state index contributed by atoms with van der Waals surface area (Å²) in [6, 6.07) is 4.24. The summed E-state index contributed by atoms with van der Waals surface area (Å²) in [5, 5.41) is 9.12. The average Bonchev–Trinajstić information content (AvgIpc) is 2.15. The molecule has 15 heavy (non-hydrogen) atoms. The zero-order valence-corrected chi connectivity index (χ0v) is 7.71. The Hall–Kier alpha value is -1.39. The van der Waals surface area contributed by atoms with Crippen LogP contribution in [0.15, 0.2) is 18.2 Å². The molecule has 82 valence electrons. The highest BCUT2D eigenvalue weighted by Gasteiger charge is 2.43. The number of hydrogen-bond acceptors (Lipinski definition) is 2. The van der Waals surface area contributed by atoms with Crippen molar-refractivity contribution in [2.75, 3.05) is 0 Å². The summed E-state index contributed by atoms with van der Waals surface area (Å²) in [6.07, 6.45) is -5.85. The third kappa shape index (κ3) is 2.00. The van der Waals surface area contributed by atoms with Gasteiger partial charge in [0.05, 0.1) is 0 Å². The first-order valence-electron chi connectivity index (χ1n) is 4.52. The van der Waals surface area contributed by atoms with E-state index in [4.69, 9.17) is 9.84 Å². The Labute approximate surface area is 84.3 Å².